The molecule has 0 atom stereocenters. The van der Waals surface area contributed by atoms with Crippen LogP contribution >= 0.6 is 15.9 Å². The smallest absolute Gasteiger partial charge is 0.261 e. The van der Waals surface area contributed by atoms with Crippen LogP contribution in [-0.2, 0) is 11.3 Å². The first-order chi connectivity index (χ1) is 11.7. The molecular formula is C18H17BrN2O3. The summed E-state index contributed by atoms with van der Waals surface area (Å²) < 4.78 is 5.77. The first-order valence-corrected chi connectivity index (χ1v) is 8.58. The van der Waals surface area contributed by atoms with Gasteiger partial charge in [0.25, 0.3) is 11.8 Å². The lowest BCUT2D eigenvalue weighted by molar-refractivity contribution is 0.0642. The molecule has 0 radical (unpaired) electrons. The number of benzene rings is 1. The fourth-order valence-corrected chi connectivity index (χ4v) is 3.03. The first kappa shape index (κ1) is 16.8. The van der Waals surface area contributed by atoms with Gasteiger partial charge < -0.3 is 4.74 Å². The summed E-state index contributed by atoms with van der Waals surface area (Å²) in [6.45, 7) is 2.23. The quantitative estimate of drug-likeness (QED) is 0.739. The Morgan fingerprint density at radius 3 is 2.17 bits per heavy atom. The maximum absolute atomic E-state index is 12.2. The van der Waals surface area contributed by atoms with Crippen molar-refractivity contribution in [3.63, 3.8) is 0 Å². The van der Waals surface area contributed by atoms with Crippen molar-refractivity contribution >= 4 is 27.7 Å². The fourth-order valence-electron chi connectivity index (χ4n) is 2.62. The van der Waals surface area contributed by atoms with Crippen molar-refractivity contribution < 1.29 is 14.3 Å². The van der Waals surface area contributed by atoms with Gasteiger partial charge in [0.15, 0.2) is 0 Å². The van der Waals surface area contributed by atoms with Crippen LogP contribution in [0.2, 0.25) is 0 Å². The van der Waals surface area contributed by atoms with E-state index in [1.54, 1.807) is 36.7 Å². The number of imide groups is 1. The number of hydrogen-bond donors (Lipinski definition) is 0. The molecule has 6 heteroatoms. The molecule has 2 aliphatic rings. The SMILES string of the molecule is C1CCOC1.O=C1c2ccccc2C(=O)N1Cc1cncc(Br)c1. The van der Waals surface area contributed by atoms with Gasteiger partial charge in [0.05, 0.1) is 17.7 Å². The third-order valence-corrected chi connectivity index (χ3v) is 4.24. The lowest BCUT2D eigenvalue weighted by Crippen LogP contribution is -2.29. The van der Waals surface area contributed by atoms with Gasteiger partial charge in [0.2, 0.25) is 0 Å². The van der Waals surface area contributed by atoms with Gasteiger partial charge in [-0.25, -0.2) is 0 Å². The number of nitrogens with zero attached hydrogens (tertiary/aromatic N) is 2. The predicted octanol–water partition coefficient (Wildman–Crippen LogP) is 3.44. The molecule has 1 fully saturated rings. The number of carbonyl (C=O) groups is 2. The molecule has 24 heavy (non-hydrogen) atoms. The van der Waals surface area contributed by atoms with E-state index in [1.807, 2.05) is 6.07 Å². The van der Waals surface area contributed by atoms with Gasteiger partial charge in [-0.1, -0.05) is 12.1 Å². The minimum Gasteiger partial charge on any atom is -0.381 e. The Bertz CT molecular complexity index is 717. The molecule has 0 spiro atoms. The van der Waals surface area contributed by atoms with Crippen molar-refractivity contribution in [1.29, 1.82) is 0 Å². The number of fused-ring (bicyclic) bond motifs is 1. The lowest BCUT2D eigenvalue weighted by Gasteiger charge is -2.13. The number of halogens is 1. The molecule has 0 aliphatic carbocycles. The van der Waals surface area contributed by atoms with E-state index in [9.17, 15) is 9.59 Å². The monoisotopic (exact) mass is 388 g/mol. The van der Waals surface area contributed by atoms with Crippen molar-refractivity contribution in [1.82, 2.24) is 9.88 Å². The molecule has 0 unspecified atom stereocenters. The molecule has 1 aromatic carbocycles. The van der Waals surface area contributed by atoms with Crippen molar-refractivity contribution in [2.75, 3.05) is 13.2 Å². The van der Waals surface area contributed by atoms with Crippen molar-refractivity contribution in [3.05, 3.63) is 63.9 Å². The normalized spacial score (nSPS) is 16.0. The summed E-state index contributed by atoms with van der Waals surface area (Å²) in [6.07, 6.45) is 5.86. The van der Waals surface area contributed by atoms with E-state index in [0.29, 0.717) is 11.1 Å². The van der Waals surface area contributed by atoms with Crippen LogP contribution in [0.15, 0.2) is 47.2 Å². The molecule has 4 rings (SSSR count). The number of aromatic nitrogens is 1. The number of hydrogen-bond acceptors (Lipinski definition) is 4. The van der Waals surface area contributed by atoms with E-state index in [4.69, 9.17) is 4.74 Å². The van der Waals surface area contributed by atoms with E-state index in [1.165, 1.54) is 17.7 Å². The molecule has 2 aliphatic heterocycles. The minimum atomic E-state index is -0.249. The van der Waals surface area contributed by atoms with Gasteiger partial charge in [-0.15, -0.1) is 0 Å². The zero-order chi connectivity index (χ0) is 16.9. The Labute approximate surface area is 148 Å². The average molecular weight is 389 g/mol. The Morgan fingerprint density at radius 2 is 1.67 bits per heavy atom. The Balaban J connectivity index is 0.000000290. The molecule has 3 heterocycles. The molecule has 124 valence electrons. The Kier molecular flexibility index (Phi) is 5.37. The van der Waals surface area contributed by atoms with Gasteiger partial charge in [-0.2, -0.15) is 0 Å². The van der Waals surface area contributed by atoms with E-state index < -0.39 is 0 Å². The van der Waals surface area contributed by atoms with Crippen LogP contribution in [0.5, 0.6) is 0 Å². The summed E-state index contributed by atoms with van der Waals surface area (Å²) in [5, 5.41) is 0. The van der Waals surface area contributed by atoms with E-state index in [-0.39, 0.29) is 18.4 Å². The van der Waals surface area contributed by atoms with Crippen LogP contribution in [0, 0.1) is 0 Å². The molecule has 0 saturated carbocycles. The van der Waals surface area contributed by atoms with E-state index in [0.717, 1.165) is 23.2 Å². The van der Waals surface area contributed by atoms with Crippen molar-refractivity contribution in [2.45, 2.75) is 19.4 Å². The van der Waals surface area contributed by atoms with Crippen LogP contribution in [-0.4, -0.2) is 34.9 Å². The maximum atomic E-state index is 12.2. The van der Waals surface area contributed by atoms with Gasteiger partial charge in [0, 0.05) is 30.1 Å². The van der Waals surface area contributed by atoms with Gasteiger partial charge in [0.1, 0.15) is 0 Å². The Hall–Kier alpha value is -2.05. The highest BCUT2D eigenvalue weighted by Crippen LogP contribution is 2.24. The topological polar surface area (TPSA) is 59.5 Å². The highest BCUT2D eigenvalue weighted by atomic mass is 79.9. The number of carbonyl (C=O) groups excluding carboxylic acids is 2. The molecular weight excluding hydrogens is 372 g/mol. The summed E-state index contributed by atoms with van der Waals surface area (Å²) in [4.78, 5) is 29.6. The van der Waals surface area contributed by atoms with Crippen molar-refractivity contribution in [2.24, 2.45) is 0 Å². The number of amides is 2. The van der Waals surface area contributed by atoms with Crippen LogP contribution in [0.3, 0.4) is 0 Å². The number of ether oxygens (including phenoxy) is 1. The van der Waals surface area contributed by atoms with Crippen LogP contribution in [0.4, 0.5) is 0 Å². The van der Waals surface area contributed by atoms with E-state index >= 15 is 0 Å². The van der Waals surface area contributed by atoms with Crippen LogP contribution in [0.25, 0.3) is 0 Å². The summed E-state index contributed by atoms with van der Waals surface area (Å²) in [6, 6.07) is 8.71. The summed E-state index contributed by atoms with van der Waals surface area (Å²) in [5.74, 6) is -0.499. The molecule has 2 amide bonds. The lowest BCUT2D eigenvalue weighted by atomic mass is 10.1. The molecule has 2 aromatic rings. The average Bonchev–Trinajstić information content (AvgIpc) is 3.24. The summed E-state index contributed by atoms with van der Waals surface area (Å²) in [7, 11) is 0. The number of pyridine rings is 1. The highest BCUT2D eigenvalue weighted by molar-refractivity contribution is 9.10. The highest BCUT2D eigenvalue weighted by Gasteiger charge is 2.34. The fraction of sp³-hybridized carbons (Fsp3) is 0.278. The van der Waals surface area contributed by atoms with Crippen LogP contribution in [0.1, 0.15) is 39.1 Å². The first-order valence-electron chi connectivity index (χ1n) is 7.79. The van der Waals surface area contributed by atoms with Gasteiger partial charge >= 0.3 is 0 Å². The van der Waals surface area contributed by atoms with Crippen LogP contribution < -0.4 is 0 Å². The van der Waals surface area contributed by atoms with Gasteiger partial charge in [-0.3, -0.25) is 19.5 Å². The third kappa shape index (κ3) is 3.71. The largest absolute Gasteiger partial charge is 0.381 e. The second kappa shape index (κ2) is 7.68. The molecule has 1 aromatic heterocycles. The third-order valence-electron chi connectivity index (χ3n) is 3.81. The number of rotatable bonds is 2. The molecule has 0 N–H and O–H groups in total. The second-order valence-electron chi connectivity index (χ2n) is 5.57. The summed E-state index contributed by atoms with van der Waals surface area (Å²) >= 11 is 3.32. The second-order valence-corrected chi connectivity index (χ2v) is 6.49. The zero-order valence-corrected chi connectivity index (χ0v) is 14.7. The molecule has 5 nitrogen and oxygen atoms in total. The minimum absolute atomic E-state index is 0.235. The van der Waals surface area contributed by atoms with Gasteiger partial charge in [-0.05, 0) is 52.5 Å². The molecule has 1 saturated heterocycles. The predicted molar refractivity (Wildman–Crippen MR) is 92.6 cm³/mol. The zero-order valence-electron chi connectivity index (χ0n) is 13.1. The Morgan fingerprint density at radius 1 is 1.04 bits per heavy atom. The van der Waals surface area contributed by atoms with E-state index in [2.05, 4.69) is 20.9 Å². The molecule has 0 bridgehead atoms. The maximum Gasteiger partial charge on any atom is 0.261 e. The standard InChI is InChI=1S/C14H9BrN2O2.C4H8O/c15-10-5-9(6-16-7-10)8-17-13(18)11-3-1-2-4-12(11)14(17)19;1-2-4-5-3-1/h1-7H,8H2;1-4H2. The summed E-state index contributed by atoms with van der Waals surface area (Å²) in [5.41, 5.74) is 1.75. The van der Waals surface area contributed by atoms with Crippen molar-refractivity contribution in [3.8, 4) is 0 Å².